The molecule has 2 nitrogen and oxygen atoms in total. The number of hydrogen-bond acceptors (Lipinski definition) is 2. The summed E-state index contributed by atoms with van der Waals surface area (Å²) in [5.74, 6) is 0. The minimum absolute atomic E-state index is 0. The van der Waals surface area contributed by atoms with Gasteiger partial charge in [0.25, 0.3) is 0 Å². The quantitative estimate of drug-likeness (QED) is 0.0914. The van der Waals surface area contributed by atoms with Gasteiger partial charge in [-0.05, 0) is 227 Å². The lowest BCUT2D eigenvalue weighted by Crippen LogP contribution is -2.28. The van der Waals surface area contributed by atoms with E-state index in [0.717, 1.165) is 39.0 Å². The van der Waals surface area contributed by atoms with E-state index in [0.29, 0.717) is 0 Å². The van der Waals surface area contributed by atoms with Gasteiger partial charge in [0, 0.05) is 33.5 Å². The van der Waals surface area contributed by atoms with Crippen LogP contribution in [0.15, 0.2) is 473 Å². The van der Waals surface area contributed by atoms with Crippen LogP contribution in [0.5, 0.6) is 0 Å². The first kappa shape index (κ1) is 74.2. The van der Waals surface area contributed by atoms with Crippen LogP contribution in [0.2, 0.25) is 5.02 Å². The van der Waals surface area contributed by atoms with E-state index in [1.165, 1.54) is 149 Å². The van der Waals surface area contributed by atoms with Crippen LogP contribution in [0.4, 0.5) is 28.4 Å². The van der Waals surface area contributed by atoms with Gasteiger partial charge in [0.2, 0.25) is 0 Å². The molecule has 2 aliphatic rings. The summed E-state index contributed by atoms with van der Waals surface area (Å²) in [6.07, 6.45) is 0. The number of nitrogens with one attached hydrogen (secondary N) is 1. The third kappa shape index (κ3) is 13.3. The zero-order valence-electron chi connectivity index (χ0n) is 64.8. The summed E-state index contributed by atoms with van der Waals surface area (Å²) in [5.41, 5.74) is 29.9. The molecule has 0 spiro atoms. The molecular weight excluding hydrogens is 1560 g/mol. The van der Waals surface area contributed by atoms with Gasteiger partial charge in [-0.25, -0.2) is 0 Å². The second-order valence-electron chi connectivity index (χ2n) is 30.2. The lowest BCUT2D eigenvalue weighted by Gasteiger charge is -2.35. The van der Waals surface area contributed by atoms with Crippen molar-refractivity contribution in [1.29, 1.82) is 0 Å². The maximum atomic E-state index is 6.23. The molecule has 0 saturated heterocycles. The second-order valence-corrected chi connectivity index (χ2v) is 30.7. The summed E-state index contributed by atoms with van der Waals surface area (Å²) in [5, 5.41) is 14.5. The lowest BCUT2D eigenvalue weighted by atomic mass is 9.67. The van der Waals surface area contributed by atoms with Crippen LogP contribution in [0, 0.1) is 0 Å². The van der Waals surface area contributed by atoms with Crippen molar-refractivity contribution in [3.63, 3.8) is 0 Å². The fraction of sp³-hybridized carbons (Fsp3) is 0.0175. The number of nitrogens with zero attached hydrogens (tertiary/aromatic N) is 1. The van der Waals surface area contributed by atoms with Crippen LogP contribution in [0.25, 0.3) is 110 Å². The molecule has 1 N–H and O–H groups in total. The van der Waals surface area contributed by atoms with Gasteiger partial charge in [0.15, 0.2) is 0 Å². The Labute approximate surface area is 712 Å². The SMILES string of the molecule is Clc1cccc(-c2cccc3c2ccc2c(-c4ccccc4)cccc23)c1.I.c1ccc(-c2cccc3c2ccc2c(-c4cccc(N(c5ccccc5)c5ccc6c(c5)C(c5ccccc5)(c5ccccc5)c5ccccc5-6)c4)cccc23)cc1.c1ccc(Nc2ccc3c(c2)C(c2ccccc2)(c2ccccc2)c2ccccc2-3)cc1. The van der Waals surface area contributed by atoms with Crippen LogP contribution in [-0.4, -0.2) is 0 Å². The molecule has 0 fully saturated rings. The molecule has 0 atom stereocenters. The molecule has 20 aromatic carbocycles. The van der Waals surface area contributed by atoms with E-state index in [1.54, 1.807) is 0 Å². The molecule has 0 bridgehead atoms. The molecule has 2 aliphatic carbocycles. The minimum Gasteiger partial charge on any atom is -0.356 e. The Morgan fingerprint density at radius 3 is 0.924 bits per heavy atom. The molecule has 22 rings (SSSR count). The number of anilines is 5. The number of fused-ring (bicyclic) bond motifs is 12. The van der Waals surface area contributed by atoms with Crippen molar-refractivity contribution in [1.82, 2.24) is 0 Å². The zero-order chi connectivity index (χ0) is 78.1. The number of benzene rings is 20. The van der Waals surface area contributed by atoms with E-state index in [1.807, 2.05) is 24.3 Å². The van der Waals surface area contributed by atoms with Crippen molar-refractivity contribution in [3.05, 3.63) is 523 Å². The summed E-state index contributed by atoms with van der Waals surface area (Å²) < 4.78 is 0. The molecule has 0 amide bonds. The normalized spacial score (nSPS) is 12.3. The fourth-order valence-electron chi connectivity index (χ4n) is 18.8. The molecule has 0 radical (unpaired) electrons. The van der Waals surface area contributed by atoms with Gasteiger partial charge < -0.3 is 10.2 Å². The molecule has 0 aromatic heterocycles. The average molecular weight is 1640 g/mol. The van der Waals surface area contributed by atoms with Crippen LogP contribution < -0.4 is 10.2 Å². The summed E-state index contributed by atoms with van der Waals surface area (Å²) in [6, 6.07) is 171. The Morgan fingerprint density at radius 1 is 0.186 bits per heavy atom. The summed E-state index contributed by atoms with van der Waals surface area (Å²) in [4.78, 5) is 2.42. The first-order chi connectivity index (χ1) is 58.0. The van der Waals surface area contributed by atoms with Crippen molar-refractivity contribution in [2.45, 2.75) is 10.8 Å². The predicted molar refractivity (Wildman–Crippen MR) is 511 cm³/mol. The Morgan fingerprint density at radius 2 is 0.492 bits per heavy atom. The maximum absolute atomic E-state index is 6.23. The number of para-hydroxylation sites is 2. The highest BCUT2D eigenvalue weighted by molar-refractivity contribution is 14.0. The van der Waals surface area contributed by atoms with Gasteiger partial charge in [-0.2, -0.15) is 0 Å². The van der Waals surface area contributed by atoms with Crippen LogP contribution in [0.1, 0.15) is 44.5 Å². The molecule has 0 saturated carbocycles. The Balaban J connectivity index is 0.000000129. The van der Waals surface area contributed by atoms with Gasteiger partial charge in [-0.3, -0.25) is 0 Å². The van der Waals surface area contributed by atoms with Crippen LogP contribution in [-0.2, 0) is 10.8 Å². The molecule has 560 valence electrons. The van der Waals surface area contributed by atoms with Crippen molar-refractivity contribution in [3.8, 4) is 66.8 Å². The number of halogens is 2. The Hall–Kier alpha value is -13.9. The van der Waals surface area contributed by atoms with Crippen molar-refractivity contribution in [2.24, 2.45) is 0 Å². The highest BCUT2D eigenvalue weighted by atomic mass is 127. The predicted octanol–water partition coefficient (Wildman–Crippen LogP) is 31.6. The molecule has 0 unspecified atom stereocenters. The third-order valence-electron chi connectivity index (χ3n) is 23.8. The maximum Gasteiger partial charge on any atom is 0.0714 e. The summed E-state index contributed by atoms with van der Waals surface area (Å²) >= 11 is 6.23. The molecule has 0 heterocycles. The highest BCUT2D eigenvalue weighted by Gasteiger charge is 2.48. The first-order valence-corrected chi connectivity index (χ1v) is 40.6. The third-order valence-corrected chi connectivity index (χ3v) is 24.0. The van der Waals surface area contributed by atoms with E-state index >= 15 is 0 Å². The monoisotopic (exact) mass is 1640 g/mol. The Kier molecular flexibility index (Phi) is 20.4. The molecule has 0 aliphatic heterocycles. The average Bonchev–Trinajstić information content (AvgIpc) is 1.54. The zero-order valence-corrected chi connectivity index (χ0v) is 67.9. The van der Waals surface area contributed by atoms with Crippen LogP contribution >= 0.6 is 35.6 Å². The molecular formula is C114H80ClIN2. The molecule has 4 heteroatoms. The fourth-order valence-corrected chi connectivity index (χ4v) is 19.0. The minimum atomic E-state index is -0.485. The van der Waals surface area contributed by atoms with Crippen LogP contribution in [0.3, 0.4) is 0 Å². The topological polar surface area (TPSA) is 15.3 Å². The van der Waals surface area contributed by atoms with Gasteiger partial charge in [0.1, 0.15) is 0 Å². The van der Waals surface area contributed by atoms with Crippen molar-refractivity contribution < 1.29 is 0 Å². The van der Waals surface area contributed by atoms with Gasteiger partial charge in [-0.1, -0.05) is 412 Å². The van der Waals surface area contributed by atoms with E-state index in [2.05, 4.69) is 459 Å². The molecule has 118 heavy (non-hydrogen) atoms. The largest absolute Gasteiger partial charge is 0.356 e. The summed E-state index contributed by atoms with van der Waals surface area (Å²) in [6.45, 7) is 0. The molecule has 20 aromatic rings. The second kappa shape index (κ2) is 32.4. The highest BCUT2D eigenvalue weighted by Crippen LogP contribution is 2.59. The smallest absolute Gasteiger partial charge is 0.0714 e. The van der Waals surface area contributed by atoms with Crippen molar-refractivity contribution in [2.75, 3.05) is 10.2 Å². The lowest BCUT2D eigenvalue weighted by molar-refractivity contribution is 0.768. The standard InChI is InChI=1S/C57H39N.C31H23N.C26H17Cl.HI/c1-5-18-40(19-6-1)47-29-16-31-49-50-32-17-30-48(52(50)37-36-51(47)49)41-20-15-27-45(38-41)58(44-25-11-4-12-26-44)46-34-35-54-53-28-13-14-33-55(53)57(56(54)39-46,42-21-7-2-8-22-42)43-23-9-3-10-24-43;1-4-12-23(13-5-1)31(24-14-6-2-7-15-24)29-19-11-10-18-27(29)28-21-20-26(22-30(28)31)32-25-16-8-3-9-17-25;27-20-10-4-9-19(17-20)22-12-6-14-24-23-13-5-11-21(18-7-2-1-3-8-18)25(23)15-16-26(22)24;/h1-39H;1-22,32H;1-17H;1H. The van der Waals surface area contributed by atoms with E-state index < -0.39 is 5.41 Å². The summed E-state index contributed by atoms with van der Waals surface area (Å²) in [7, 11) is 0. The van der Waals surface area contributed by atoms with E-state index in [4.69, 9.17) is 11.6 Å². The van der Waals surface area contributed by atoms with Crippen molar-refractivity contribution >= 4 is 107 Å². The van der Waals surface area contributed by atoms with Gasteiger partial charge in [-0.15, -0.1) is 24.0 Å². The first-order valence-electron chi connectivity index (χ1n) is 40.2. The number of rotatable bonds is 13. The Bertz CT molecular complexity index is 6940. The van der Waals surface area contributed by atoms with Gasteiger partial charge in [0.05, 0.1) is 10.8 Å². The number of hydrogen-bond donors (Lipinski definition) is 1. The van der Waals surface area contributed by atoms with Gasteiger partial charge >= 0.3 is 0 Å². The van der Waals surface area contributed by atoms with E-state index in [-0.39, 0.29) is 29.4 Å². The van der Waals surface area contributed by atoms with E-state index in [9.17, 15) is 0 Å².